The van der Waals surface area contributed by atoms with Crippen molar-refractivity contribution in [1.29, 1.82) is 0 Å². The molecule has 3 aromatic rings. The Morgan fingerprint density at radius 1 is 1.17 bits per heavy atom. The summed E-state index contributed by atoms with van der Waals surface area (Å²) in [6.45, 7) is 2.67. The minimum absolute atomic E-state index is 0.579. The lowest BCUT2D eigenvalue weighted by Crippen LogP contribution is -1.95. The fraction of sp³-hybridized carbons (Fsp3) is 0.133. The van der Waals surface area contributed by atoms with Gasteiger partial charge in [-0.2, -0.15) is 0 Å². The number of pyridine rings is 1. The van der Waals surface area contributed by atoms with Crippen LogP contribution in [0.3, 0.4) is 0 Å². The third kappa shape index (κ3) is 1.69. The number of rotatable bonds is 2. The number of H-pyrrole nitrogens is 1. The number of aromatic amines is 1. The summed E-state index contributed by atoms with van der Waals surface area (Å²) in [5, 5.41) is 1.19. The van der Waals surface area contributed by atoms with E-state index in [1.165, 1.54) is 22.1 Å². The van der Waals surface area contributed by atoms with Gasteiger partial charge in [0.05, 0.1) is 0 Å². The average molecular weight is 237 g/mol. The third-order valence-electron chi connectivity index (χ3n) is 3.27. The molecule has 90 valence electrons. The Morgan fingerprint density at radius 3 is 2.67 bits per heavy atom. The zero-order valence-electron chi connectivity index (χ0n) is 10.3. The number of nitrogens with one attached hydrogen (secondary N) is 1. The van der Waals surface area contributed by atoms with Gasteiger partial charge in [0.2, 0.25) is 0 Å². The Hall–Kier alpha value is -2.13. The lowest BCUT2D eigenvalue weighted by atomic mass is 10.0. The molecule has 18 heavy (non-hydrogen) atoms. The molecule has 0 radical (unpaired) electrons. The lowest BCUT2D eigenvalue weighted by Gasteiger charge is -2.05. The summed E-state index contributed by atoms with van der Waals surface area (Å²) in [6, 6.07) is 10.4. The van der Waals surface area contributed by atoms with Crippen molar-refractivity contribution in [2.75, 3.05) is 0 Å². The second-order valence-electron chi connectivity index (χ2n) is 4.45. The van der Waals surface area contributed by atoms with E-state index in [1.807, 2.05) is 12.4 Å². The van der Waals surface area contributed by atoms with Crippen molar-refractivity contribution in [3.8, 4) is 11.1 Å². The maximum Gasteiger partial charge on any atom is 0.138 e. The van der Waals surface area contributed by atoms with Crippen molar-refractivity contribution >= 4 is 11.0 Å². The van der Waals surface area contributed by atoms with Crippen molar-refractivity contribution in [2.45, 2.75) is 13.5 Å². The van der Waals surface area contributed by atoms with Crippen LogP contribution in [0.15, 0.2) is 42.7 Å². The van der Waals surface area contributed by atoms with Crippen LogP contribution in [0.4, 0.5) is 0 Å². The number of fused-ring (bicyclic) bond motifs is 1. The molecule has 0 bridgehead atoms. The van der Waals surface area contributed by atoms with Gasteiger partial charge in [0.1, 0.15) is 5.65 Å². The molecule has 0 spiro atoms. The largest absolute Gasteiger partial charge is 0.346 e. The van der Waals surface area contributed by atoms with Crippen LogP contribution in [0.25, 0.3) is 22.2 Å². The lowest BCUT2D eigenvalue weighted by molar-refractivity contribution is 1.07. The average Bonchev–Trinajstić information content (AvgIpc) is 2.81. The maximum absolute atomic E-state index is 5.62. The van der Waals surface area contributed by atoms with Crippen LogP contribution in [0.5, 0.6) is 0 Å². The number of hydrogen-bond donors (Lipinski definition) is 2. The fourth-order valence-electron chi connectivity index (χ4n) is 2.28. The van der Waals surface area contributed by atoms with Gasteiger partial charge >= 0.3 is 0 Å². The normalized spacial score (nSPS) is 11.0. The highest BCUT2D eigenvalue weighted by molar-refractivity contribution is 5.95. The van der Waals surface area contributed by atoms with E-state index < -0.39 is 0 Å². The van der Waals surface area contributed by atoms with E-state index in [9.17, 15) is 0 Å². The summed E-state index contributed by atoms with van der Waals surface area (Å²) in [6.07, 6.45) is 3.83. The van der Waals surface area contributed by atoms with Crippen molar-refractivity contribution in [3.63, 3.8) is 0 Å². The zero-order valence-corrected chi connectivity index (χ0v) is 10.3. The molecule has 3 nitrogen and oxygen atoms in total. The van der Waals surface area contributed by atoms with Crippen LogP contribution < -0.4 is 5.73 Å². The molecule has 2 heterocycles. The molecule has 0 aliphatic heterocycles. The number of benzene rings is 1. The number of aromatic nitrogens is 2. The Kier molecular flexibility index (Phi) is 2.61. The first-order chi connectivity index (χ1) is 8.79. The van der Waals surface area contributed by atoms with Crippen molar-refractivity contribution in [2.24, 2.45) is 5.73 Å². The van der Waals surface area contributed by atoms with Crippen molar-refractivity contribution < 1.29 is 0 Å². The van der Waals surface area contributed by atoms with Gasteiger partial charge in [-0.15, -0.1) is 0 Å². The van der Waals surface area contributed by atoms with E-state index in [0.29, 0.717) is 6.54 Å². The van der Waals surface area contributed by atoms with Gasteiger partial charge in [-0.25, -0.2) is 4.98 Å². The fourth-order valence-corrected chi connectivity index (χ4v) is 2.28. The molecular formula is C15H15N3. The molecule has 1 aromatic carbocycles. The Labute approximate surface area is 106 Å². The first kappa shape index (κ1) is 11.0. The Balaban J connectivity index is 2.21. The number of nitrogens with zero attached hydrogens (tertiary/aromatic N) is 1. The van der Waals surface area contributed by atoms with E-state index in [1.54, 1.807) is 0 Å². The van der Waals surface area contributed by atoms with Gasteiger partial charge in [-0.1, -0.05) is 24.3 Å². The van der Waals surface area contributed by atoms with Crippen LogP contribution in [-0.2, 0) is 6.54 Å². The van der Waals surface area contributed by atoms with Crippen LogP contribution >= 0.6 is 0 Å². The van der Waals surface area contributed by atoms with E-state index in [4.69, 9.17) is 5.73 Å². The second kappa shape index (κ2) is 4.27. The molecule has 0 amide bonds. The van der Waals surface area contributed by atoms with E-state index >= 15 is 0 Å². The summed E-state index contributed by atoms with van der Waals surface area (Å²) in [5.74, 6) is 0. The topological polar surface area (TPSA) is 54.7 Å². The molecule has 0 atom stereocenters. The van der Waals surface area contributed by atoms with Gasteiger partial charge in [-0.05, 0) is 35.2 Å². The smallest absolute Gasteiger partial charge is 0.138 e. The molecule has 0 saturated carbocycles. The number of aryl methyl sites for hydroxylation is 1. The minimum Gasteiger partial charge on any atom is -0.346 e. The Bertz CT molecular complexity index is 681. The van der Waals surface area contributed by atoms with E-state index in [2.05, 4.69) is 47.2 Å². The summed E-state index contributed by atoms with van der Waals surface area (Å²) >= 11 is 0. The summed E-state index contributed by atoms with van der Waals surface area (Å²) < 4.78 is 0. The van der Waals surface area contributed by atoms with Crippen LogP contribution in [0, 0.1) is 6.92 Å². The van der Waals surface area contributed by atoms with Crippen molar-refractivity contribution in [3.05, 3.63) is 53.9 Å². The highest BCUT2D eigenvalue weighted by Crippen LogP contribution is 2.29. The molecule has 0 fully saturated rings. The van der Waals surface area contributed by atoms with Gasteiger partial charge < -0.3 is 10.7 Å². The standard InChI is InChI=1S/C15H15N3/c1-10-9-18-15-14(10)13(6-7-17-15)12-4-2-11(8-16)3-5-12/h2-7,9H,8,16H2,1H3,(H,17,18). The van der Waals surface area contributed by atoms with Crippen LogP contribution in [0.2, 0.25) is 0 Å². The predicted octanol–water partition coefficient (Wildman–Crippen LogP) is 3.00. The predicted molar refractivity (Wildman–Crippen MR) is 74.2 cm³/mol. The molecular weight excluding hydrogens is 222 g/mol. The molecule has 3 heteroatoms. The quantitative estimate of drug-likeness (QED) is 0.720. The van der Waals surface area contributed by atoms with E-state index in [-0.39, 0.29) is 0 Å². The highest BCUT2D eigenvalue weighted by atomic mass is 14.8. The zero-order chi connectivity index (χ0) is 12.5. The van der Waals surface area contributed by atoms with Gasteiger partial charge in [0, 0.05) is 24.3 Å². The van der Waals surface area contributed by atoms with E-state index in [0.717, 1.165) is 11.2 Å². The van der Waals surface area contributed by atoms with Gasteiger partial charge in [0.15, 0.2) is 0 Å². The second-order valence-corrected chi connectivity index (χ2v) is 4.45. The molecule has 0 unspecified atom stereocenters. The SMILES string of the molecule is Cc1c[nH]c2nccc(-c3ccc(CN)cc3)c12. The monoisotopic (exact) mass is 237 g/mol. The first-order valence-electron chi connectivity index (χ1n) is 6.01. The molecule has 0 saturated heterocycles. The Morgan fingerprint density at radius 2 is 1.94 bits per heavy atom. The van der Waals surface area contributed by atoms with Crippen LogP contribution in [0.1, 0.15) is 11.1 Å². The summed E-state index contributed by atoms with van der Waals surface area (Å²) in [4.78, 5) is 7.54. The number of hydrogen-bond acceptors (Lipinski definition) is 2. The summed E-state index contributed by atoms with van der Waals surface area (Å²) in [5.41, 5.74) is 11.3. The van der Waals surface area contributed by atoms with Gasteiger partial charge in [0.25, 0.3) is 0 Å². The van der Waals surface area contributed by atoms with Crippen LogP contribution in [-0.4, -0.2) is 9.97 Å². The first-order valence-corrected chi connectivity index (χ1v) is 6.01. The molecule has 0 aliphatic rings. The molecule has 2 aromatic heterocycles. The maximum atomic E-state index is 5.62. The molecule has 0 aliphatic carbocycles. The summed E-state index contributed by atoms with van der Waals surface area (Å²) in [7, 11) is 0. The molecule has 3 rings (SSSR count). The highest BCUT2D eigenvalue weighted by Gasteiger charge is 2.08. The molecule has 3 N–H and O–H groups in total. The van der Waals surface area contributed by atoms with Crippen molar-refractivity contribution in [1.82, 2.24) is 9.97 Å². The van der Waals surface area contributed by atoms with Gasteiger partial charge in [-0.3, -0.25) is 0 Å². The third-order valence-corrected chi connectivity index (χ3v) is 3.27. The number of nitrogens with two attached hydrogens (primary N) is 1. The minimum atomic E-state index is 0.579.